The summed E-state index contributed by atoms with van der Waals surface area (Å²) >= 11 is 0. The highest BCUT2D eigenvalue weighted by molar-refractivity contribution is 6.82. The molecule has 0 aromatic heterocycles. The van der Waals surface area contributed by atoms with Crippen molar-refractivity contribution in [2.75, 3.05) is 0 Å². The summed E-state index contributed by atoms with van der Waals surface area (Å²) in [6.07, 6.45) is 0.416. The molecule has 0 fully saturated rings. The first-order valence-corrected chi connectivity index (χ1v) is 24.0. The van der Waals surface area contributed by atoms with Gasteiger partial charge in [-0.15, -0.1) is 0 Å². The zero-order valence-electron chi connectivity index (χ0n) is 32.4. The van der Waals surface area contributed by atoms with E-state index in [-0.39, 0.29) is 35.4 Å². The quantitative estimate of drug-likeness (QED) is 0.107. The van der Waals surface area contributed by atoms with Crippen LogP contribution >= 0.6 is 0 Å². The summed E-state index contributed by atoms with van der Waals surface area (Å²) in [6.45, 7) is 34.7. The van der Waals surface area contributed by atoms with Crippen molar-refractivity contribution in [2.45, 2.75) is 151 Å². The molecule has 2 aromatic carbocycles. The lowest BCUT2D eigenvalue weighted by molar-refractivity contribution is 0.0540. The molecule has 0 aliphatic heterocycles. The third-order valence-electron chi connectivity index (χ3n) is 9.15. The molecular formula is C40H66N2O3Si2. The van der Waals surface area contributed by atoms with Crippen LogP contribution in [-0.4, -0.2) is 56.5 Å². The number of hydrogen-bond donors (Lipinski definition) is 0. The molecule has 0 saturated heterocycles. The maximum atomic E-state index is 13.6. The minimum Gasteiger partial charge on any atom is -0.412 e. The summed E-state index contributed by atoms with van der Waals surface area (Å²) in [5, 5.41) is 0.695. The van der Waals surface area contributed by atoms with E-state index >= 15 is 0 Å². The Morgan fingerprint density at radius 3 is 1.60 bits per heavy atom. The Morgan fingerprint density at radius 1 is 0.787 bits per heavy atom. The molecule has 0 aliphatic rings. The van der Waals surface area contributed by atoms with Gasteiger partial charge in [0.1, 0.15) is 13.5 Å². The first kappa shape index (κ1) is 40.8. The second kappa shape index (κ2) is 17.3. The van der Waals surface area contributed by atoms with Gasteiger partial charge in [-0.1, -0.05) is 121 Å². The van der Waals surface area contributed by atoms with Crippen LogP contribution in [0.3, 0.4) is 0 Å². The summed E-state index contributed by atoms with van der Waals surface area (Å²) in [4.78, 5) is 18.0. The fourth-order valence-corrected chi connectivity index (χ4v) is 7.89. The molecule has 0 heterocycles. The molecule has 0 bridgehead atoms. The Hall–Kier alpha value is -2.42. The SMILES string of the molecule is CC(=C=C(OC(=O)N(C(C)C)C(C)C)[Si](C)(C)C)C(O[Si](C)(C)C(C)(C)C)C(CC(C)C)N(Cc1ccccc1)Cc1ccccc1. The molecular weight excluding hydrogens is 613 g/mol. The van der Waals surface area contributed by atoms with Gasteiger partial charge in [-0.25, -0.2) is 4.79 Å². The number of benzene rings is 2. The number of amides is 1. The molecule has 2 atom stereocenters. The number of rotatable bonds is 15. The second-order valence-corrected chi connectivity index (χ2v) is 26.4. The van der Waals surface area contributed by atoms with Crippen molar-refractivity contribution in [3.05, 3.63) is 88.5 Å². The highest BCUT2D eigenvalue weighted by atomic mass is 28.4. The fraction of sp³-hybridized carbons (Fsp3) is 0.600. The van der Waals surface area contributed by atoms with Crippen LogP contribution in [0.2, 0.25) is 37.8 Å². The summed E-state index contributed by atoms with van der Waals surface area (Å²) in [7, 11) is -4.38. The van der Waals surface area contributed by atoms with Crippen LogP contribution in [0, 0.1) is 5.92 Å². The molecule has 0 aliphatic carbocycles. The number of ether oxygens (including phenoxy) is 1. The van der Waals surface area contributed by atoms with E-state index in [2.05, 4.69) is 146 Å². The monoisotopic (exact) mass is 678 g/mol. The van der Waals surface area contributed by atoms with Crippen molar-refractivity contribution in [2.24, 2.45) is 5.92 Å². The van der Waals surface area contributed by atoms with E-state index in [1.165, 1.54) is 11.1 Å². The molecule has 0 saturated carbocycles. The van der Waals surface area contributed by atoms with Crippen LogP contribution in [0.25, 0.3) is 0 Å². The molecule has 5 nitrogen and oxygen atoms in total. The maximum Gasteiger partial charge on any atom is 0.415 e. The lowest BCUT2D eigenvalue weighted by Gasteiger charge is -2.45. The topological polar surface area (TPSA) is 42.0 Å². The largest absolute Gasteiger partial charge is 0.415 e. The van der Waals surface area contributed by atoms with Crippen molar-refractivity contribution in [1.29, 1.82) is 0 Å². The molecule has 2 rings (SSSR count). The van der Waals surface area contributed by atoms with Gasteiger partial charge in [-0.2, -0.15) is 0 Å². The lowest BCUT2D eigenvalue weighted by Crippen LogP contribution is -2.52. The van der Waals surface area contributed by atoms with Gasteiger partial charge >= 0.3 is 6.09 Å². The van der Waals surface area contributed by atoms with Crippen LogP contribution in [-0.2, 0) is 22.3 Å². The molecule has 47 heavy (non-hydrogen) atoms. The zero-order chi connectivity index (χ0) is 35.7. The molecule has 0 N–H and O–H groups in total. The van der Waals surface area contributed by atoms with E-state index in [4.69, 9.17) is 9.16 Å². The molecule has 2 aromatic rings. The zero-order valence-corrected chi connectivity index (χ0v) is 34.4. The van der Waals surface area contributed by atoms with Gasteiger partial charge in [0.05, 0.1) is 6.10 Å². The van der Waals surface area contributed by atoms with E-state index in [1.807, 2.05) is 32.6 Å². The standard InChI is InChI=1S/C40H66N2O3Si2/c1-30(2)26-36(41(28-34-22-18-16-19-23-34)29-35-24-20-17-21-25-35)38(45-47(14,15)40(8,9)10)33(7)27-37(46(11,12)13)44-39(43)42(31(3)4)32(5)6/h16-25,30-32,36,38H,26,28-29H2,1-15H3. The van der Waals surface area contributed by atoms with Crippen molar-refractivity contribution in [3.63, 3.8) is 0 Å². The van der Waals surface area contributed by atoms with Crippen molar-refractivity contribution in [1.82, 2.24) is 9.80 Å². The Kier molecular flexibility index (Phi) is 15.0. The van der Waals surface area contributed by atoms with E-state index in [9.17, 15) is 4.79 Å². The molecule has 262 valence electrons. The van der Waals surface area contributed by atoms with Gasteiger partial charge in [0.25, 0.3) is 0 Å². The van der Waals surface area contributed by atoms with Gasteiger partial charge < -0.3 is 14.1 Å². The smallest absolute Gasteiger partial charge is 0.412 e. The molecule has 1 amide bonds. The minimum atomic E-state index is -2.25. The summed E-state index contributed by atoms with van der Waals surface area (Å²) in [6, 6.07) is 21.6. The first-order chi connectivity index (χ1) is 21.6. The number of carbonyl (C=O) groups excluding carboxylic acids is 1. The maximum absolute atomic E-state index is 13.6. The predicted molar refractivity (Wildman–Crippen MR) is 206 cm³/mol. The van der Waals surface area contributed by atoms with Crippen LogP contribution < -0.4 is 0 Å². The molecule has 0 radical (unpaired) electrons. The average molecular weight is 679 g/mol. The highest BCUT2D eigenvalue weighted by Gasteiger charge is 2.43. The highest BCUT2D eigenvalue weighted by Crippen LogP contribution is 2.40. The first-order valence-electron chi connectivity index (χ1n) is 17.6. The van der Waals surface area contributed by atoms with Crippen molar-refractivity contribution in [3.8, 4) is 0 Å². The third-order valence-corrected chi connectivity index (χ3v) is 15.2. The third kappa shape index (κ3) is 12.5. The van der Waals surface area contributed by atoms with Crippen LogP contribution in [0.4, 0.5) is 4.79 Å². The van der Waals surface area contributed by atoms with Crippen LogP contribution in [0.1, 0.15) is 86.8 Å². The summed E-state index contributed by atoms with van der Waals surface area (Å²) < 4.78 is 13.8. The fourth-order valence-electron chi connectivity index (χ4n) is 5.60. The van der Waals surface area contributed by atoms with Crippen molar-refractivity contribution >= 4 is 22.5 Å². The molecule has 7 heteroatoms. The Labute approximate surface area is 290 Å². The summed E-state index contributed by atoms with van der Waals surface area (Å²) in [5.41, 5.74) is 7.28. The summed E-state index contributed by atoms with van der Waals surface area (Å²) in [5.74, 6) is 0.441. The van der Waals surface area contributed by atoms with Gasteiger partial charge in [0.15, 0.2) is 8.32 Å². The van der Waals surface area contributed by atoms with Gasteiger partial charge in [-0.05, 0) is 76.2 Å². The Bertz CT molecular complexity index is 1270. The minimum absolute atomic E-state index is 0.0183. The Morgan fingerprint density at radius 2 is 1.23 bits per heavy atom. The normalized spacial score (nSPS) is 13.9. The van der Waals surface area contributed by atoms with Gasteiger partial charge in [0, 0.05) is 36.8 Å². The van der Waals surface area contributed by atoms with E-state index in [0.29, 0.717) is 11.3 Å². The van der Waals surface area contributed by atoms with Crippen molar-refractivity contribution < 1.29 is 14.0 Å². The predicted octanol–water partition coefficient (Wildman–Crippen LogP) is 11.1. The van der Waals surface area contributed by atoms with E-state index in [0.717, 1.165) is 25.1 Å². The number of hydrogen-bond acceptors (Lipinski definition) is 4. The Balaban J connectivity index is 2.86. The lowest BCUT2D eigenvalue weighted by atomic mass is 9.93. The molecule has 2 unspecified atom stereocenters. The van der Waals surface area contributed by atoms with E-state index in [1.54, 1.807) is 0 Å². The van der Waals surface area contributed by atoms with E-state index < -0.39 is 16.4 Å². The van der Waals surface area contributed by atoms with Gasteiger partial charge in [0.2, 0.25) is 0 Å². The number of carbonyl (C=O) groups is 1. The average Bonchev–Trinajstić information content (AvgIpc) is 2.93. The van der Waals surface area contributed by atoms with Gasteiger partial charge in [-0.3, -0.25) is 4.90 Å². The number of nitrogens with zero attached hydrogens (tertiary/aromatic N) is 2. The van der Waals surface area contributed by atoms with Crippen LogP contribution in [0.5, 0.6) is 0 Å². The molecule has 0 spiro atoms. The second-order valence-electron chi connectivity index (χ2n) is 16.7. The van der Waals surface area contributed by atoms with Crippen LogP contribution in [0.15, 0.2) is 77.4 Å².